The van der Waals surface area contributed by atoms with Gasteiger partial charge in [-0.15, -0.1) is 0 Å². The monoisotopic (exact) mass is 280 g/mol. The van der Waals surface area contributed by atoms with Crippen LogP contribution in [0.25, 0.3) is 0 Å². The first-order valence-electron chi connectivity index (χ1n) is 6.90. The number of carbonyl (C=O) groups is 2. The Balaban J connectivity index is 2.23. The standard InChI is InChI=1S/C14H20N2O4/c1-8(2)12-11(9(3)15-20-12)13(17)16-6-4-5-10(7-16)14(18)19/h8,10H,4-7H2,1-3H3,(H,18,19)/t10-/m0/s1. The van der Waals surface area contributed by atoms with Gasteiger partial charge in [0.15, 0.2) is 5.76 Å². The van der Waals surface area contributed by atoms with E-state index in [-0.39, 0.29) is 18.4 Å². The molecule has 0 bridgehead atoms. The Morgan fingerprint density at radius 2 is 2.15 bits per heavy atom. The van der Waals surface area contributed by atoms with E-state index in [0.717, 1.165) is 0 Å². The number of carbonyl (C=O) groups excluding carboxylic acids is 1. The Morgan fingerprint density at radius 3 is 2.75 bits per heavy atom. The van der Waals surface area contributed by atoms with E-state index in [2.05, 4.69) is 5.16 Å². The number of nitrogens with zero attached hydrogens (tertiary/aromatic N) is 2. The quantitative estimate of drug-likeness (QED) is 0.916. The summed E-state index contributed by atoms with van der Waals surface area (Å²) in [6.07, 6.45) is 1.34. The molecule has 0 aromatic carbocycles. The summed E-state index contributed by atoms with van der Waals surface area (Å²) in [5, 5.41) is 13.0. The summed E-state index contributed by atoms with van der Waals surface area (Å²) in [5.74, 6) is -0.845. The first-order valence-corrected chi connectivity index (χ1v) is 6.90. The minimum absolute atomic E-state index is 0.0650. The molecule has 1 fully saturated rings. The Labute approximate surface area is 117 Å². The predicted octanol–water partition coefficient (Wildman–Crippen LogP) is 2.04. The highest BCUT2D eigenvalue weighted by Crippen LogP contribution is 2.26. The van der Waals surface area contributed by atoms with Gasteiger partial charge >= 0.3 is 5.97 Å². The van der Waals surface area contributed by atoms with Crippen LogP contribution in [-0.4, -0.2) is 40.1 Å². The Kier molecular flexibility index (Phi) is 4.11. The van der Waals surface area contributed by atoms with Crippen molar-refractivity contribution in [1.29, 1.82) is 0 Å². The second kappa shape index (κ2) is 5.64. The molecule has 1 saturated heterocycles. The molecule has 1 aromatic rings. The molecule has 0 aliphatic carbocycles. The van der Waals surface area contributed by atoms with Crippen molar-refractivity contribution in [2.24, 2.45) is 5.92 Å². The summed E-state index contributed by atoms with van der Waals surface area (Å²) in [6.45, 7) is 6.46. The number of likely N-dealkylation sites (tertiary alicyclic amines) is 1. The zero-order valence-corrected chi connectivity index (χ0v) is 12.0. The molecule has 0 spiro atoms. The van der Waals surface area contributed by atoms with Crippen LogP contribution >= 0.6 is 0 Å². The van der Waals surface area contributed by atoms with Gasteiger partial charge in [-0.25, -0.2) is 0 Å². The van der Waals surface area contributed by atoms with Crippen molar-refractivity contribution in [1.82, 2.24) is 10.1 Å². The van der Waals surface area contributed by atoms with Gasteiger partial charge in [-0.05, 0) is 19.8 Å². The van der Waals surface area contributed by atoms with Gasteiger partial charge in [-0.2, -0.15) is 0 Å². The minimum Gasteiger partial charge on any atom is -0.481 e. The van der Waals surface area contributed by atoms with Gasteiger partial charge in [0.1, 0.15) is 5.56 Å². The van der Waals surface area contributed by atoms with Crippen LogP contribution in [0.5, 0.6) is 0 Å². The van der Waals surface area contributed by atoms with Crippen LogP contribution in [0, 0.1) is 12.8 Å². The van der Waals surface area contributed by atoms with E-state index < -0.39 is 11.9 Å². The van der Waals surface area contributed by atoms with Crippen molar-refractivity contribution in [2.45, 2.75) is 39.5 Å². The smallest absolute Gasteiger partial charge is 0.308 e. The maximum atomic E-state index is 12.6. The van der Waals surface area contributed by atoms with E-state index in [1.165, 1.54) is 0 Å². The van der Waals surface area contributed by atoms with Gasteiger partial charge in [-0.3, -0.25) is 9.59 Å². The molecule has 0 radical (unpaired) electrons. The number of aromatic nitrogens is 1. The zero-order chi connectivity index (χ0) is 14.9. The molecule has 0 unspecified atom stereocenters. The average molecular weight is 280 g/mol. The van der Waals surface area contributed by atoms with Crippen LogP contribution in [0.3, 0.4) is 0 Å². The molecule has 1 N–H and O–H groups in total. The van der Waals surface area contributed by atoms with E-state index in [1.807, 2.05) is 13.8 Å². The molecule has 20 heavy (non-hydrogen) atoms. The lowest BCUT2D eigenvalue weighted by Crippen LogP contribution is -2.42. The molecule has 6 nitrogen and oxygen atoms in total. The predicted molar refractivity (Wildman–Crippen MR) is 71.6 cm³/mol. The topological polar surface area (TPSA) is 83.6 Å². The van der Waals surface area contributed by atoms with Crippen molar-refractivity contribution >= 4 is 11.9 Å². The third-order valence-corrected chi connectivity index (χ3v) is 3.69. The summed E-state index contributed by atoms with van der Waals surface area (Å²) < 4.78 is 5.23. The lowest BCUT2D eigenvalue weighted by Gasteiger charge is -2.30. The van der Waals surface area contributed by atoms with Crippen LogP contribution in [0.4, 0.5) is 0 Å². The number of amides is 1. The van der Waals surface area contributed by atoms with E-state index in [0.29, 0.717) is 36.4 Å². The summed E-state index contributed by atoms with van der Waals surface area (Å²) in [6, 6.07) is 0. The van der Waals surface area contributed by atoms with Crippen molar-refractivity contribution in [3.8, 4) is 0 Å². The van der Waals surface area contributed by atoms with E-state index in [1.54, 1.807) is 11.8 Å². The lowest BCUT2D eigenvalue weighted by molar-refractivity contribution is -0.143. The van der Waals surface area contributed by atoms with Gasteiger partial charge in [0.25, 0.3) is 5.91 Å². The van der Waals surface area contributed by atoms with Gasteiger partial charge in [-0.1, -0.05) is 19.0 Å². The SMILES string of the molecule is Cc1noc(C(C)C)c1C(=O)N1CCC[C@H](C(=O)O)C1. The molecule has 2 heterocycles. The van der Waals surface area contributed by atoms with Crippen LogP contribution in [0.2, 0.25) is 0 Å². The van der Waals surface area contributed by atoms with Gasteiger partial charge in [0.2, 0.25) is 0 Å². The molecule has 6 heteroatoms. The number of aliphatic carboxylic acids is 1. The second-order valence-electron chi connectivity index (χ2n) is 5.59. The molecule has 1 aromatic heterocycles. The highest BCUT2D eigenvalue weighted by molar-refractivity contribution is 5.96. The molecule has 1 aliphatic heterocycles. The van der Waals surface area contributed by atoms with Crippen LogP contribution in [0.15, 0.2) is 4.52 Å². The summed E-state index contributed by atoms with van der Waals surface area (Å²) in [7, 11) is 0. The second-order valence-corrected chi connectivity index (χ2v) is 5.59. The first kappa shape index (κ1) is 14.6. The molecule has 2 rings (SSSR count). The fourth-order valence-electron chi connectivity index (χ4n) is 2.56. The highest BCUT2D eigenvalue weighted by Gasteiger charge is 2.32. The number of piperidine rings is 1. The number of rotatable bonds is 3. The zero-order valence-electron chi connectivity index (χ0n) is 12.0. The Hall–Kier alpha value is -1.85. The van der Waals surface area contributed by atoms with Crippen molar-refractivity contribution < 1.29 is 19.2 Å². The Bertz CT molecular complexity index is 521. The number of hydrogen-bond acceptors (Lipinski definition) is 4. The molecular formula is C14H20N2O4. The first-order chi connectivity index (χ1) is 9.41. The number of carboxylic acid groups (broad SMARTS) is 1. The van der Waals surface area contributed by atoms with Crippen LogP contribution in [-0.2, 0) is 4.79 Å². The summed E-state index contributed by atoms with van der Waals surface area (Å²) in [4.78, 5) is 25.3. The minimum atomic E-state index is -0.839. The molecule has 0 saturated carbocycles. The van der Waals surface area contributed by atoms with Gasteiger partial charge < -0.3 is 14.5 Å². The maximum absolute atomic E-state index is 12.6. The number of hydrogen-bond donors (Lipinski definition) is 1. The fraction of sp³-hybridized carbons (Fsp3) is 0.643. The largest absolute Gasteiger partial charge is 0.481 e. The van der Waals surface area contributed by atoms with Crippen molar-refractivity contribution in [2.75, 3.05) is 13.1 Å². The molecule has 110 valence electrons. The Morgan fingerprint density at radius 1 is 1.45 bits per heavy atom. The van der Waals surface area contributed by atoms with Crippen molar-refractivity contribution in [3.05, 3.63) is 17.0 Å². The van der Waals surface area contributed by atoms with Crippen molar-refractivity contribution in [3.63, 3.8) is 0 Å². The van der Waals surface area contributed by atoms with E-state index >= 15 is 0 Å². The fourth-order valence-corrected chi connectivity index (χ4v) is 2.56. The number of carboxylic acids is 1. The average Bonchev–Trinajstić information content (AvgIpc) is 2.80. The van der Waals surface area contributed by atoms with E-state index in [9.17, 15) is 9.59 Å². The van der Waals surface area contributed by atoms with Gasteiger partial charge in [0.05, 0.1) is 11.6 Å². The lowest BCUT2D eigenvalue weighted by atomic mass is 9.96. The summed E-state index contributed by atoms with van der Waals surface area (Å²) in [5.41, 5.74) is 1.06. The van der Waals surface area contributed by atoms with E-state index in [4.69, 9.17) is 9.63 Å². The molecule has 1 aliphatic rings. The van der Waals surface area contributed by atoms with Gasteiger partial charge in [0, 0.05) is 19.0 Å². The summed E-state index contributed by atoms with van der Waals surface area (Å²) >= 11 is 0. The molecular weight excluding hydrogens is 260 g/mol. The normalized spacial score (nSPS) is 19.4. The van der Waals surface area contributed by atoms with Crippen LogP contribution in [0.1, 0.15) is 54.4 Å². The maximum Gasteiger partial charge on any atom is 0.308 e. The number of aryl methyl sites for hydroxylation is 1. The van der Waals surface area contributed by atoms with Crippen LogP contribution < -0.4 is 0 Å². The highest BCUT2D eigenvalue weighted by atomic mass is 16.5. The third-order valence-electron chi connectivity index (χ3n) is 3.69. The molecule has 1 amide bonds. The third kappa shape index (κ3) is 2.69. The molecule has 1 atom stereocenters.